The van der Waals surface area contributed by atoms with Crippen molar-refractivity contribution in [3.05, 3.63) is 64.4 Å². The summed E-state index contributed by atoms with van der Waals surface area (Å²) in [6.07, 6.45) is 5.87. The Morgan fingerprint density at radius 2 is 2.08 bits per heavy atom. The van der Waals surface area contributed by atoms with Gasteiger partial charge in [-0.05, 0) is 61.0 Å². The van der Waals surface area contributed by atoms with Crippen LogP contribution in [0, 0.1) is 0 Å². The number of benzene rings is 1. The van der Waals surface area contributed by atoms with Crippen LogP contribution in [0.3, 0.4) is 0 Å². The smallest absolute Gasteiger partial charge is 0.257 e. The largest absolute Gasteiger partial charge is 0.348 e. The van der Waals surface area contributed by atoms with Crippen molar-refractivity contribution < 1.29 is 4.79 Å². The second-order valence-electron chi connectivity index (χ2n) is 5.84. The first-order valence-electron chi connectivity index (χ1n) is 7.89. The fourth-order valence-electron chi connectivity index (χ4n) is 2.90. The van der Waals surface area contributed by atoms with E-state index >= 15 is 0 Å². The lowest BCUT2D eigenvalue weighted by molar-refractivity contribution is 0.0972. The predicted octanol–water partition coefficient (Wildman–Crippen LogP) is 3.74. The van der Waals surface area contributed by atoms with Crippen molar-refractivity contribution in [2.24, 2.45) is 0 Å². The third-order valence-corrected chi connectivity index (χ3v) is 5.08. The van der Waals surface area contributed by atoms with Gasteiger partial charge in [-0.3, -0.25) is 15.1 Å². The van der Waals surface area contributed by atoms with Crippen LogP contribution in [0.25, 0.3) is 0 Å². The summed E-state index contributed by atoms with van der Waals surface area (Å²) in [5, 5.41) is 3.34. The normalized spacial score (nSPS) is 17.4. The number of nitrogens with one attached hydrogen (secondary N) is 1. The minimum atomic E-state index is -0.170. The number of halogens is 1. The Morgan fingerprint density at radius 3 is 2.79 bits per heavy atom. The zero-order valence-corrected chi connectivity index (χ0v) is 15.5. The molecule has 1 N–H and O–H groups in total. The highest BCUT2D eigenvalue weighted by atomic mass is 79.9. The average Bonchev–Trinajstić information content (AvgIpc) is 2.63. The first kappa shape index (κ1) is 17.0. The highest BCUT2D eigenvalue weighted by Crippen LogP contribution is 2.26. The number of aromatic nitrogens is 1. The zero-order valence-electron chi connectivity index (χ0n) is 13.1. The quantitative estimate of drug-likeness (QED) is 0.775. The SMILES string of the molecule is O=C(NC(=S)N1CCC[C@H](c2cccnc2)C1)c1ccc(Br)cc1. The van der Waals surface area contributed by atoms with Crippen molar-refractivity contribution in [2.45, 2.75) is 18.8 Å². The van der Waals surface area contributed by atoms with Crippen molar-refractivity contribution in [3.63, 3.8) is 0 Å². The van der Waals surface area contributed by atoms with Crippen molar-refractivity contribution >= 4 is 39.2 Å². The van der Waals surface area contributed by atoms with Crippen molar-refractivity contribution in [1.82, 2.24) is 15.2 Å². The number of likely N-dealkylation sites (tertiary alicyclic amines) is 1. The van der Waals surface area contributed by atoms with Gasteiger partial charge < -0.3 is 4.90 Å². The minimum Gasteiger partial charge on any atom is -0.348 e. The molecule has 0 unspecified atom stereocenters. The van der Waals surface area contributed by atoms with E-state index in [9.17, 15) is 4.79 Å². The van der Waals surface area contributed by atoms with E-state index in [0.29, 0.717) is 16.6 Å². The number of hydrogen-bond donors (Lipinski definition) is 1. The van der Waals surface area contributed by atoms with E-state index in [1.54, 1.807) is 18.3 Å². The summed E-state index contributed by atoms with van der Waals surface area (Å²) < 4.78 is 0.942. The van der Waals surface area contributed by atoms with Crippen LogP contribution in [0.5, 0.6) is 0 Å². The zero-order chi connectivity index (χ0) is 16.9. The van der Waals surface area contributed by atoms with Crippen LogP contribution in [0.2, 0.25) is 0 Å². The van der Waals surface area contributed by atoms with Crippen LogP contribution in [-0.2, 0) is 0 Å². The van der Waals surface area contributed by atoms with Gasteiger partial charge >= 0.3 is 0 Å². The number of amides is 1. The fourth-order valence-corrected chi connectivity index (χ4v) is 3.42. The molecule has 1 amide bonds. The molecule has 124 valence electrons. The maximum atomic E-state index is 12.3. The van der Waals surface area contributed by atoms with Crippen molar-refractivity contribution in [2.75, 3.05) is 13.1 Å². The second-order valence-corrected chi connectivity index (χ2v) is 7.14. The molecule has 1 atom stereocenters. The van der Waals surface area contributed by atoms with Gasteiger partial charge in [0.05, 0.1) is 0 Å². The molecule has 0 bridgehead atoms. The van der Waals surface area contributed by atoms with Gasteiger partial charge in [-0.2, -0.15) is 0 Å². The molecular formula is C18H18BrN3OS. The van der Waals surface area contributed by atoms with E-state index in [1.165, 1.54) is 5.56 Å². The third kappa shape index (κ3) is 4.19. The highest BCUT2D eigenvalue weighted by Gasteiger charge is 2.24. The summed E-state index contributed by atoms with van der Waals surface area (Å²) in [4.78, 5) is 18.6. The van der Waals surface area contributed by atoms with E-state index in [0.717, 1.165) is 30.4 Å². The molecule has 2 heterocycles. The summed E-state index contributed by atoms with van der Waals surface area (Å²) in [6.45, 7) is 1.68. The molecule has 3 rings (SSSR count). The number of hydrogen-bond acceptors (Lipinski definition) is 3. The number of carbonyl (C=O) groups is 1. The first-order chi connectivity index (χ1) is 11.6. The average molecular weight is 404 g/mol. The molecule has 0 aliphatic carbocycles. The lowest BCUT2D eigenvalue weighted by Crippen LogP contribution is -2.46. The topological polar surface area (TPSA) is 45.2 Å². The number of nitrogens with zero attached hydrogens (tertiary/aromatic N) is 2. The number of thiocarbonyl (C=S) groups is 1. The van der Waals surface area contributed by atoms with Gasteiger partial charge in [0, 0.05) is 41.4 Å². The summed E-state index contributed by atoms with van der Waals surface area (Å²) in [6, 6.07) is 11.3. The van der Waals surface area contributed by atoms with Crippen LogP contribution in [0.15, 0.2) is 53.3 Å². The van der Waals surface area contributed by atoms with Gasteiger partial charge in [0.2, 0.25) is 0 Å². The first-order valence-corrected chi connectivity index (χ1v) is 9.09. The molecular weight excluding hydrogens is 386 g/mol. The molecule has 1 aliphatic heterocycles. The van der Waals surface area contributed by atoms with E-state index in [1.807, 2.05) is 24.4 Å². The van der Waals surface area contributed by atoms with E-state index < -0.39 is 0 Å². The molecule has 24 heavy (non-hydrogen) atoms. The molecule has 2 aromatic rings. The number of pyridine rings is 1. The Kier molecular flexibility index (Phi) is 5.58. The van der Waals surface area contributed by atoms with Crippen molar-refractivity contribution in [3.8, 4) is 0 Å². The Labute approximate surface area is 155 Å². The fraction of sp³-hybridized carbons (Fsp3) is 0.278. The van der Waals surface area contributed by atoms with Crippen LogP contribution in [0.4, 0.5) is 0 Å². The van der Waals surface area contributed by atoms with Gasteiger partial charge in [-0.1, -0.05) is 22.0 Å². The molecule has 1 aliphatic rings. The molecule has 6 heteroatoms. The molecule has 1 saturated heterocycles. The van der Waals surface area contributed by atoms with Crippen LogP contribution < -0.4 is 5.32 Å². The molecule has 0 radical (unpaired) electrons. The van der Waals surface area contributed by atoms with Crippen LogP contribution >= 0.6 is 28.1 Å². The summed E-state index contributed by atoms with van der Waals surface area (Å²) in [5.74, 6) is 0.228. The van der Waals surface area contributed by atoms with Gasteiger partial charge in [0.1, 0.15) is 0 Å². The molecule has 1 fully saturated rings. The molecule has 1 aromatic heterocycles. The van der Waals surface area contributed by atoms with Gasteiger partial charge in [0.25, 0.3) is 5.91 Å². The standard InChI is InChI=1S/C18H18BrN3OS/c19-16-7-5-13(6-8-16)17(23)21-18(24)22-10-2-4-15(12-22)14-3-1-9-20-11-14/h1,3,5-9,11,15H,2,4,10,12H2,(H,21,23,24)/t15-/m0/s1. The Hall–Kier alpha value is -1.79. The minimum absolute atomic E-state index is 0.170. The Bertz CT molecular complexity index is 721. The molecule has 0 saturated carbocycles. The monoisotopic (exact) mass is 403 g/mol. The summed E-state index contributed by atoms with van der Waals surface area (Å²) in [7, 11) is 0. The number of carbonyl (C=O) groups excluding carboxylic acids is 1. The van der Waals surface area contributed by atoms with Gasteiger partial charge in [0.15, 0.2) is 5.11 Å². The number of piperidine rings is 1. The highest BCUT2D eigenvalue weighted by molar-refractivity contribution is 9.10. The maximum Gasteiger partial charge on any atom is 0.257 e. The predicted molar refractivity (Wildman–Crippen MR) is 102 cm³/mol. The van der Waals surface area contributed by atoms with Gasteiger partial charge in [-0.15, -0.1) is 0 Å². The van der Waals surface area contributed by atoms with Gasteiger partial charge in [-0.25, -0.2) is 0 Å². The summed E-state index contributed by atoms with van der Waals surface area (Å²) in [5.41, 5.74) is 1.82. The lowest BCUT2D eigenvalue weighted by Gasteiger charge is -2.34. The van der Waals surface area contributed by atoms with E-state index in [2.05, 4.69) is 37.2 Å². The molecule has 0 spiro atoms. The third-order valence-electron chi connectivity index (χ3n) is 4.19. The Morgan fingerprint density at radius 1 is 1.29 bits per heavy atom. The van der Waals surface area contributed by atoms with E-state index in [-0.39, 0.29) is 5.91 Å². The second kappa shape index (κ2) is 7.85. The van der Waals surface area contributed by atoms with Crippen LogP contribution in [-0.4, -0.2) is 34.0 Å². The Balaban J connectivity index is 1.62. The number of rotatable bonds is 2. The summed E-state index contributed by atoms with van der Waals surface area (Å²) >= 11 is 8.81. The lowest BCUT2D eigenvalue weighted by atomic mass is 9.92. The van der Waals surface area contributed by atoms with Crippen LogP contribution in [0.1, 0.15) is 34.7 Å². The van der Waals surface area contributed by atoms with Crippen molar-refractivity contribution in [1.29, 1.82) is 0 Å². The molecule has 1 aromatic carbocycles. The van der Waals surface area contributed by atoms with E-state index in [4.69, 9.17) is 12.2 Å². The molecule has 4 nitrogen and oxygen atoms in total. The maximum absolute atomic E-state index is 12.3.